The molecule has 1 unspecified atom stereocenters. The van der Waals surface area contributed by atoms with E-state index in [1.807, 2.05) is 0 Å². The lowest BCUT2D eigenvalue weighted by Gasteiger charge is -2.24. The number of sulfonamides is 1. The smallest absolute Gasteiger partial charge is 0.245 e. The van der Waals surface area contributed by atoms with Gasteiger partial charge in [0.25, 0.3) is 0 Å². The SMILES string of the molecule is CNCC1CCCN1S(=O)(=O)c1c(Cl)cc(F)cc1Br.Cl. The van der Waals surface area contributed by atoms with E-state index in [4.69, 9.17) is 11.6 Å². The number of likely N-dealkylation sites (N-methyl/N-ethyl adjacent to an activating group) is 1. The fourth-order valence-corrected chi connectivity index (χ4v) is 5.90. The molecule has 0 bridgehead atoms. The normalized spacial score (nSPS) is 19.5. The third-order valence-corrected chi connectivity index (χ3v) is 6.64. The highest BCUT2D eigenvalue weighted by Gasteiger charge is 2.37. The van der Waals surface area contributed by atoms with Crippen LogP contribution < -0.4 is 5.32 Å². The Balaban J connectivity index is 0.00000220. The van der Waals surface area contributed by atoms with Crippen molar-refractivity contribution in [1.82, 2.24) is 9.62 Å². The molecule has 0 radical (unpaired) electrons. The van der Waals surface area contributed by atoms with Crippen molar-refractivity contribution in [1.29, 1.82) is 0 Å². The minimum absolute atomic E-state index is 0. The van der Waals surface area contributed by atoms with Crippen molar-refractivity contribution in [2.24, 2.45) is 0 Å². The summed E-state index contributed by atoms with van der Waals surface area (Å²) in [6.45, 7) is 1.03. The van der Waals surface area contributed by atoms with Crippen LogP contribution in [0, 0.1) is 5.82 Å². The van der Waals surface area contributed by atoms with Crippen LogP contribution in [-0.4, -0.2) is 38.9 Å². The summed E-state index contributed by atoms with van der Waals surface area (Å²) in [6, 6.07) is 2.03. The van der Waals surface area contributed by atoms with Crippen molar-refractivity contribution in [2.45, 2.75) is 23.8 Å². The van der Waals surface area contributed by atoms with Crippen LogP contribution in [0.15, 0.2) is 21.5 Å². The molecule has 1 saturated heterocycles. The monoisotopic (exact) mass is 420 g/mol. The number of nitrogens with zero attached hydrogens (tertiary/aromatic N) is 1. The number of benzene rings is 1. The topological polar surface area (TPSA) is 49.4 Å². The average Bonchev–Trinajstić information content (AvgIpc) is 2.76. The molecule has 120 valence electrons. The molecule has 1 aromatic carbocycles. The number of rotatable bonds is 4. The molecule has 0 spiro atoms. The lowest BCUT2D eigenvalue weighted by atomic mass is 10.2. The maximum Gasteiger partial charge on any atom is 0.245 e. The van der Waals surface area contributed by atoms with Gasteiger partial charge in [0, 0.05) is 23.6 Å². The van der Waals surface area contributed by atoms with Crippen LogP contribution >= 0.6 is 39.9 Å². The van der Waals surface area contributed by atoms with Crippen molar-refractivity contribution in [3.05, 3.63) is 27.4 Å². The Morgan fingerprint density at radius 2 is 2.19 bits per heavy atom. The molecule has 1 heterocycles. The second-order valence-electron chi connectivity index (χ2n) is 4.67. The fraction of sp³-hybridized carbons (Fsp3) is 0.500. The summed E-state index contributed by atoms with van der Waals surface area (Å²) in [4.78, 5) is -0.0661. The van der Waals surface area contributed by atoms with Gasteiger partial charge in [0.15, 0.2) is 0 Å². The molecule has 1 atom stereocenters. The standard InChI is InChI=1S/C12H15BrClFN2O2S.ClH/c1-16-7-9-3-2-4-17(9)20(18,19)12-10(13)5-8(15)6-11(12)14;/h5-6,9,16H,2-4,7H2,1H3;1H. The van der Waals surface area contributed by atoms with Crippen LogP contribution in [0.5, 0.6) is 0 Å². The summed E-state index contributed by atoms with van der Waals surface area (Å²) in [5, 5.41) is 2.89. The van der Waals surface area contributed by atoms with Crippen LogP contribution in [0.25, 0.3) is 0 Å². The van der Waals surface area contributed by atoms with Crippen molar-refractivity contribution in [3.63, 3.8) is 0 Å². The number of hydrogen-bond donors (Lipinski definition) is 1. The zero-order chi connectivity index (χ0) is 14.9. The third-order valence-electron chi connectivity index (χ3n) is 3.29. The molecule has 1 aliphatic heterocycles. The van der Waals surface area contributed by atoms with Gasteiger partial charge in [-0.25, -0.2) is 12.8 Å². The maximum absolute atomic E-state index is 13.2. The van der Waals surface area contributed by atoms with Gasteiger partial charge in [0.2, 0.25) is 10.0 Å². The second kappa shape index (κ2) is 7.57. The van der Waals surface area contributed by atoms with Crippen molar-refractivity contribution in [3.8, 4) is 0 Å². The Hall–Kier alpha value is 0.0800. The van der Waals surface area contributed by atoms with Gasteiger partial charge in [-0.1, -0.05) is 11.6 Å². The lowest BCUT2D eigenvalue weighted by Crippen LogP contribution is -2.41. The molecule has 21 heavy (non-hydrogen) atoms. The average molecular weight is 422 g/mol. The van der Waals surface area contributed by atoms with Gasteiger partial charge in [-0.2, -0.15) is 4.31 Å². The van der Waals surface area contributed by atoms with Crippen molar-refractivity contribution >= 4 is 50.0 Å². The van der Waals surface area contributed by atoms with Gasteiger partial charge in [-0.05, 0) is 48.0 Å². The number of nitrogens with one attached hydrogen (secondary N) is 1. The molecular formula is C12H16BrCl2FN2O2S. The molecule has 0 aliphatic carbocycles. The first-order valence-corrected chi connectivity index (χ1v) is 8.80. The summed E-state index contributed by atoms with van der Waals surface area (Å²) >= 11 is 9.02. The molecule has 2 rings (SSSR count). The summed E-state index contributed by atoms with van der Waals surface area (Å²) in [5.41, 5.74) is 0. The van der Waals surface area contributed by atoms with Crippen LogP contribution in [0.3, 0.4) is 0 Å². The zero-order valence-corrected chi connectivity index (χ0v) is 15.2. The van der Waals surface area contributed by atoms with Gasteiger partial charge < -0.3 is 5.32 Å². The minimum atomic E-state index is -3.74. The first-order valence-electron chi connectivity index (χ1n) is 6.19. The van der Waals surface area contributed by atoms with E-state index in [-0.39, 0.29) is 32.8 Å². The Morgan fingerprint density at radius 1 is 1.52 bits per heavy atom. The highest BCUT2D eigenvalue weighted by molar-refractivity contribution is 9.10. The largest absolute Gasteiger partial charge is 0.318 e. The van der Waals surface area contributed by atoms with E-state index in [2.05, 4.69) is 21.2 Å². The molecule has 1 N–H and O–H groups in total. The van der Waals surface area contributed by atoms with Gasteiger partial charge >= 0.3 is 0 Å². The van der Waals surface area contributed by atoms with Crippen molar-refractivity contribution in [2.75, 3.05) is 20.1 Å². The predicted octanol–water partition coefficient (Wildman–Crippen LogP) is 3.04. The van der Waals surface area contributed by atoms with E-state index in [1.165, 1.54) is 4.31 Å². The van der Waals surface area contributed by atoms with Crippen LogP contribution in [0.1, 0.15) is 12.8 Å². The molecular weight excluding hydrogens is 406 g/mol. The molecule has 0 aromatic heterocycles. The molecule has 0 amide bonds. The Bertz CT molecular complexity index is 592. The van der Waals surface area contributed by atoms with E-state index < -0.39 is 15.8 Å². The van der Waals surface area contributed by atoms with Gasteiger partial charge in [-0.3, -0.25) is 0 Å². The fourth-order valence-electron chi connectivity index (χ4n) is 2.46. The third kappa shape index (κ3) is 3.89. The summed E-state index contributed by atoms with van der Waals surface area (Å²) in [7, 11) is -1.96. The van der Waals surface area contributed by atoms with Crippen LogP contribution in [0.4, 0.5) is 4.39 Å². The molecule has 1 aromatic rings. The highest BCUT2D eigenvalue weighted by atomic mass is 79.9. The quantitative estimate of drug-likeness (QED) is 0.812. The first kappa shape index (κ1) is 19.1. The predicted molar refractivity (Wildman–Crippen MR) is 87.2 cm³/mol. The number of hydrogen-bond acceptors (Lipinski definition) is 3. The van der Waals surface area contributed by atoms with Gasteiger partial charge in [0.1, 0.15) is 10.7 Å². The van der Waals surface area contributed by atoms with Crippen LogP contribution in [-0.2, 0) is 10.0 Å². The van der Waals surface area contributed by atoms with Crippen LogP contribution in [0.2, 0.25) is 5.02 Å². The van der Waals surface area contributed by atoms with E-state index >= 15 is 0 Å². The first-order chi connectivity index (χ1) is 9.37. The lowest BCUT2D eigenvalue weighted by molar-refractivity contribution is 0.379. The number of halogens is 4. The molecule has 4 nitrogen and oxygen atoms in total. The van der Waals surface area contributed by atoms with Gasteiger partial charge in [-0.15, -0.1) is 12.4 Å². The molecule has 1 aliphatic rings. The van der Waals surface area contributed by atoms with E-state index in [0.717, 1.165) is 25.0 Å². The summed E-state index contributed by atoms with van der Waals surface area (Å²) in [5.74, 6) is -0.575. The maximum atomic E-state index is 13.2. The van der Waals surface area contributed by atoms with Gasteiger partial charge in [0.05, 0.1) is 5.02 Å². The van der Waals surface area contributed by atoms with E-state index in [9.17, 15) is 12.8 Å². The molecule has 9 heteroatoms. The van der Waals surface area contributed by atoms with Crippen molar-refractivity contribution < 1.29 is 12.8 Å². The second-order valence-corrected chi connectivity index (χ2v) is 7.76. The Morgan fingerprint density at radius 3 is 2.76 bits per heavy atom. The Labute approximate surface area is 143 Å². The Kier molecular flexibility index (Phi) is 6.89. The van der Waals surface area contributed by atoms with E-state index in [0.29, 0.717) is 13.1 Å². The molecule has 1 fully saturated rings. The highest BCUT2D eigenvalue weighted by Crippen LogP contribution is 2.35. The zero-order valence-electron chi connectivity index (χ0n) is 11.3. The summed E-state index contributed by atoms with van der Waals surface area (Å²) in [6.07, 6.45) is 1.61. The van der Waals surface area contributed by atoms with E-state index in [1.54, 1.807) is 7.05 Å². The minimum Gasteiger partial charge on any atom is -0.318 e. The summed E-state index contributed by atoms with van der Waals surface area (Å²) < 4.78 is 40.3. The molecule has 0 saturated carbocycles.